The predicted octanol–water partition coefficient (Wildman–Crippen LogP) is 0.751. The molecule has 0 aliphatic carbocycles. The van der Waals surface area contributed by atoms with Crippen LogP contribution in [0.2, 0.25) is 0 Å². The van der Waals surface area contributed by atoms with Gasteiger partial charge in [-0.3, -0.25) is 4.90 Å². The van der Waals surface area contributed by atoms with E-state index < -0.39 is 31.7 Å². The summed E-state index contributed by atoms with van der Waals surface area (Å²) >= 11 is 0.673. The molecule has 30 heavy (non-hydrogen) atoms. The van der Waals surface area contributed by atoms with Gasteiger partial charge in [-0.1, -0.05) is 12.2 Å². The Morgan fingerprint density at radius 2 is 1.90 bits per heavy atom. The molecule has 1 aromatic heterocycles. The zero-order chi connectivity index (χ0) is 22.2. The highest BCUT2D eigenvalue weighted by atomic mass is 32.3. The van der Waals surface area contributed by atoms with E-state index in [1.807, 2.05) is 6.08 Å². The van der Waals surface area contributed by atoms with Gasteiger partial charge < -0.3 is 9.84 Å². The van der Waals surface area contributed by atoms with Crippen LogP contribution in [-0.4, -0.2) is 82.6 Å². The van der Waals surface area contributed by atoms with Gasteiger partial charge in [-0.05, 0) is 26.8 Å². The molecule has 3 heterocycles. The third-order valence-electron chi connectivity index (χ3n) is 4.66. The second-order valence-electron chi connectivity index (χ2n) is 8.39. The van der Waals surface area contributed by atoms with Crippen LogP contribution in [0.25, 0.3) is 0 Å². The molecule has 12 heteroatoms. The zero-order valence-electron chi connectivity index (χ0n) is 17.4. The number of ether oxygens (including phenoxy) is 1. The maximum absolute atomic E-state index is 13.0. The SMILES string of the molecule is CC(C)(C)NS(=O)(=O)c1cc2c(s1)S(=O)(=O)N(CC=CCN1CCOCC1)CC2O. The number of thiophene rings is 1. The molecular formula is C18H29N3O6S3. The number of aliphatic hydroxyl groups excluding tert-OH is 1. The number of nitrogens with one attached hydrogen (secondary N) is 1. The maximum atomic E-state index is 13.0. The lowest BCUT2D eigenvalue weighted by atomic mass is 10.1. The van der Waals surface area contributed by atoms with E-state index in [9.17, 15) is 21.9 Å². The van der Waals surface area contributed by atoms with Gasteiger partial charge in [0.25, 0.3) is 20.0 Å². The van der Waals surface area contributed by atoms with Crippen LogP contribution in [0.1, 0.15) is 32.4 Å². The molecule has 2 aliphatic heterocycles. The van der Waals surface area contributed by atoms with Gasteiger partial charge in [-0.15, -0.1) is 11.3 Å². The first-order chi connectivity index (χ1) is 13.9. The summed E-state index contributed by atoms with van der Waals surface area (Å²) in [6.07, 6.45) is 2.59. The number of hydrogen-bond acceptors (Lipinski definition) is 8. The third kappa shape index (κ3) is 5.49. The number of hydrogen-bond donors (Lipinski definition) is 2. The lowest BCUT2D eigenvalue weighted by molar-refractivity contribution is 0.0434. The number of sulfonamides is 2. The van der Waals surface area contributed by atoms with Crippen LogP contribution in [0, 0.1) is 0 Å². The number of aliphatic hydroxyl groups is 1. The molecule has 1 aromatic rings. The Hall–Kier alpha value is -0.860. The summed E-state index contributed by atoms with van der Waals surface area (Å²) < 4.78 is 60.0. The van der Waals surface area contributed by atoms with E-state index in [1.165, 1.54) is 10.4 Å². The second-order valence-corrected chi connectivity index (χ2v) is 13.5. The van der Waals surface area contributed by atoms with Gasteiger partial charge in [-0.2, -0.15) is 4.31 Å². The molecule has 0 saturated carbocycles. The highest BCUT2D eigenvalue weighted by Crippen LogP contribution is 2.40. The topological polar surface area (TPSA) is 116 Å². The van der Waals surface area contributed by atoms with E-state index >= 15 is 0 Å². The van der Waals surface area contributed by atoms with Crippen molar-refractivity contribution in [2.75, 3.05) is 45.9 Å². The molecule has 1 atom stereocenters. The van der Waals surface area contributed by atoms with Crippen molar-refractivity contribution in [1.82, 2.24) is 13.9 Å². The van der Waals surface area contributed by atoms with Gasteiger partial charge >= 0.3 is 0 Å². The molecule has 2 N–H and O–H groups in total. The van der Waals surface area contributed by atoms with Crippen molar-refractivity contribution in [2.24, 2.45) is 0 Å². The normalized spacial score (nSPS) is 23.7. The summed E-state index contributed by atoms with van der Waals surface area (Å²) in [7, 11) is -7.78. The van der Waals surface area contributed by atoms with E-state index in [4.69, 9.17) is 4.74 Å². The minimum Gasteiger partial charge on any atom is -0.387 e. The van der Waals surface area contributed by atoms with Crippen LogP contribution >= 0.6 is 11.3 Å². The van der Waals surface area contributed by atoms with Crippen molar-refractivity contribution in [1.29, 1.82) is 0 Å². The molecule has 0 amide bonds. The van der Waals surface area contributed by atoms with Crippen LogP contribution in [0.4, 0.5) is 0 Å². The zero-order valence-corrected chi connectivity index (χ0v) is 19.8. The van der Waals surface area contributed by atoms with Crippen molar-refractivity contribution in [3.05, 3.63) is 23.8 Å². The number of β-amino-alcohol motifs (C(OH)–C–C–N with tert-alkyl or cyclic N) is 1. The number of nitrogens with zero attached hydrogens (tertiary/aromatic N) is 2. The van der Waals surface area contributed by atoms with Gasteiger partial charge in [-0.25, -0.2) is 21.6 Å². The van der Waals surface area contributed by atoms with E-state index in [0.717, 1.165) is 13.1 Å². The molecule has 1 unspecified atom stereocenters. The summed E-state index contributed by atoms with van der Waals surface area (Å²) in [6, 6.07) is 1.27. The standard InChI is InChI=1S/C18H29N3O6S3/c1-18(2,3)19-29(23,24)16-12-14-15(22)13-21(30(25,26)17(14)28-16)7-5-4-6-20-8-10-27-11-9-20/h4-5,12,15,19,22H,6-11,13H2,1-3H3. The van der Waals surface area contributed by atoms with Crippen molar-refractivity contribution in [3.8, 4) is 0 Å². The first kappa shape index (κ1) is 23.8. The summed E-state index contributed by atoms with van der Waals surface area (Å²) in [5.41, 5.74) is -0.569. The lowest BCUT2D eigenvalue weighted by Gasteiger charge is -2.28. The van der Waals surface area contributed by atoms with Gasteiger partial charge in [0.2, 0.25) is 0 Å². The van der Waals surface area contributed by atoms with Crippen molar-refractivity contribution < 1.29 is 26.7 Å². The third-order valence-corrected chi connectivity index (χ3v) is 10.4. The van der Waals surface area contributed by atoms with Gasteiger partial charge in [0, 0.05) is 43.8 Å². The molecule has 1 saturated heterocycles. The monoisotopic (exact) mass is 479 g/mol. The largest absolute Gasteiger partial charge is 0.387 e. The Labute approximate surface area is 182 Å². The van der Waals surface area contributed by atoms with Gasteiger partial charge in [0.1, 0.15) is 8.42 Å². The Kier molecular flexibility index (Phi) is 7.09. The van der Waals surface area contributed by atoms with E-state index in [1.54, 1.807) is 26.8 Å². The van der Waals surface area contributed by atoms with Crippen molar-refractivity contribution >= 4 is 31.4 Å². The fourth-order valence-electron chi connectivity index (χ4n) is 3.26. The second kappa shape index (κ2) is 8.94. The average Bonchev–Trinajstić information content (AvgIpc) is 3.10. The van der Waals surface area contributed by atoms with Crippen LogP contribution < -0.4 is 4.72 Å². The fourth-order valence-corrected chi connectivity index (χ4v) is 8.46. The Morgan fingerprint density at radius 3 is 2.53 bits per heavy atom. The van der Waals surface area contributed by atoms with Crippen LogP contribution in [0.5, 0.6) is 0 Å². The van der Waals surface area contributed by atoms with Gasteiger partial charge in [0.05, 0.1) is 19.3 Å². The smallest absolute Gasteiger partial charge is 0.253 e. The van der Waals surface area contributed by atoms with Crippen molar-refractivity contribution in [2.45, 2.75) is 40.8 Å². The molecule has 1 fully saturated rings. The van der Waals surface area contributed by atoms with E-state index in [0.29, 0.717) is 31.1 Å². The summed E-state index contributed by atoms with van der Waals surface area (Å²) in [5.74, 6) is 0. The summed E-state index contributed by atoms with van der Waals surface area (Å²) in [6.45, 7) is 8.87. The Balaban J connectivity index is 1.76. The number of fused-ring (bicyclic) bond motifs is 1. The van der Waals surface area contributed by atoms with E-state index in [-0.39, 0.29) is 27.1 Å². The molecule has 0 aromatic carbocycles. The molecule has 0 spiro atoms. The first-order valence-electron chi connectivity index (χ1n) is 9.71. The van der Waals surface area contributed by atoms with Crippen LogP contribution in [0.3, 0.4) is 0 Å². The summed E-state index contributed by atoms with van der Waals surface area (Å²) in [4.78, 5) is 2.20. The maximum Gasteiger partial charge on any atom is 0.253 e. The first-order valence-corrected chi connectivity index (χ1v) is 13.5. The minimum absolute atomic E-state index is 0.111. The van der Waals surface area contributed by atoms with Crippen molar-refractivity contribution in [3.63, 3.8) is 0 Å². The predicted molar refractivity (Wildman–Crippen MR) is 115 cm³/mol. The molecule has 3 rings (SSSR count). The average molecular weight is 480 g/mol. The van der Waals surface area contributed by atoms with Crippen LogP contribution in [-0.2, 0) is 24.8 Å². The minimum atomic E-state index is -3.89. The fraction of sp³-hybridized carbons (Fsp3) is 0.667. The highest BCUT2D eigenvalue weighted by Gasteiger charge is 2.39. The Morgan fingerprint density at radius 1 is 1.27 bits per heavy atom. The lowest BCUT2D eigenvalue weighted by Crippen LogP contribution is -2.40. The van der Waals surface area contributed by atoms with Gasteiger partial charge in [0.15, 0.2) is 0 Å². The molecule has 170 valence electrons. The highest BCUT2D eigenvalue weighted by molar-refractivity contribution is 7.94. The molecule has 0 bridgehead atoms. The quantitative estimate of drug-likeness (QED) is 0.579. The molecule has 9 nitrogen and oxygen atoms in total. The summed E-state index contributed by atoms with van der Waals surface area (Å²) in [5, 5.41) is 10.5. The molecule has 0 radical (unpaired) electrons. The number of rotatable bonds is 6. The Bertz CT molecular complexity index is 989. The molecular weight excluding hydrogens is 450 g/mol. The van der Waals surface area contributed by atoms with Crippen LogP contribution in [0.15, 0.2) is 26.6 Å². The molecule has 2 aliphatic rings. The number of morpholine rings is 1. The van der Waals surface area contributed by atoms with E-state index in [2.05, 4.69) is 9.62 Å².